The summed E-state index contributed by atoms with van der Waals surface area (Å²) in [6, 6.07) is 4.42. The third-order valence-electron chi connectivity index (χ3n) is 4.16. The molecule has 1 aromatic carbocycles. The average molecular weight is 279 g/mol. The summed E-state index contributed by atoms with van der Waals surface area (Å²) in [7, 11) is 2.37. The second-order valence-corrected chi connectivity index (χ2v) is 8.07. The van der Waals surface area contributed by atoms with Crippen LogP contribution in [0.4, 0.5) is 0 Å². The van der Waals surface area contributed by atoms with Crippen molar-refractivity contribution in [2.75, 3.05) is 18.6 Å². The Morgan fingerprint density at radius 1 is 1.26 bits per heavy atom. The summed E-state index contributed by atoms with van der Waals surface area (Å²) in [5.74, 6) is 3.90. The second-order valence-electron chi connectivity index (χ2n) is 5.60. The Labute approximate surface area is 121 Å². The zero-order valence-corrected chi connectivity index (χ0v) is 13.6. The predicted molar refractivity (Wildman–Crippen MR) is 86.5 cm³/mol. The fourth-order valence-electron chi connectivity index (χ4n) is 3.21. The normalized spacial score (nSPS) is 22.7. The smallest absolute Gasteiger partial charge is 0.143 e. The van der Waals surface area contributed by atoms with Crippen LogP contribution in [0.2, 0.25) is 0 Å². The quantitative estimate of drug-likeness (QED) is 0.718. The van der Waals surface area contributed by atoms with Crippen LogP contribution in [0, 0.1) is 13.8 Å². The van der Waals surface area contributed by atoms with Gasteiger partial charge in [-0.25, -0.2) is 0 Å². The molecule has 1 aromatic rings. The highest BCUT2D eigenvalue weighted by Crippen LogP contribution is 2.40. The Kier molecular flexibility index (Phi) is 5.20. The Morgan fingerprint density at radius 2 is 1.95 bits per heavy atom. The van der Waals surface area contributed by atoms with E-state index < -0.39 is 0 Å². The van der Waals surface area contributed by atoms with Crippen LogP contribution in [0.1, 0.15) is 54.5 Å². The van der Waals surface area contributed by atoms with E-state index in [2.05, 4.69) is 32.9 Å². The number of unbranched alkanes of at least 4 members (excludes halogenated alkanes) is 1. The number of methoxy groups -OCH3 is 1. The molecule has 2 atom stereocenters. The minimum Gasteiger partial charge on any atom is -0.497 e. The van der Waals surface area contributed by atoms with Crippen molar-refractivity contribution in [3.05, 3.63) is 28.8 Å². The summed E-state index contributed by atoms with van der Waals surface area (Å²) in [6.07, 6.45) is 5.54. The highest BCUT2D eigenvalue weighted by atomic mass is 32.2. The predicted octanol–water partition coefficient (Wildman–Crippen LogP) is 4.57. The topological polar surface area (TPSA) is 9.23 Å². The number of rotatable bonds is 5. The summed E-state index contributed by atoms with van der Waals surface area (Å²) in [4.78, 5) is 0. The van der Waals surface area contributed by atoms with Crippen molar-refractivity contribution in [2.24, 2.45) is 0 Å². The molecule has 1 nitrogen and oxygen atoms in total. The summed E-state index contributed by atoms with van der Waals surface area (Å²) in [5, 5.41) is 0.817. The number of benzene rings is 1. The monoisotopic (exact) mass is 279 g/mol. The molecular weight excluding hydrogens is 252 g/mol. The lowest BCUT2D eigenvalue weighted by atomic mass is 9.97. The Bertz CT molecular complexity index is 404. The Morgan fingerprint density at radius 3 is 2.53 bits per heavy atom. The van der Waals surface area contributed by atoms with Gasteiger partial charge in [0.2, 0.25) is 0 Å². The van der Waals surface area contributed by atoms with Gasteiger partial charge in [0, 0.05) is 12.0 Å². The lowest BCUT2D eigenvalue weighted by Gasteiger charge is -2.18. The fourth-order valence-corrected chi connectivity index (χ4v) is 6.38. The van der Waals surface area contributed by atoms with E-state index in [0.717, 1.165) is 11.0 Å². The van der Waals surface area contributed by atoms with E-state index in [9.17, 15) is 0 Å². The van der Waals surface area contributed by atoms with E-state index in [-0.39, 0.29) is 0 Å². The molecule has 1 aliphatic rings. The van der Waals surface area contributed by atoms with Crippen LogP contribution in [0.25, 0.3) is 0 Å². The number of aryl methyl sites for hydroxylation is 2. The van der Waals surface area contributed by atoms with E-state index in [1.807, 2.05) is 0 Å². The van der Waals surface area contributed by atoms with Crippen molar-refractivity contribution >= 4 is 10.9 Å². The lowest BCUT2D eigenvalue weighted by Crippen LogP contribution is -2.15. The molecule has 2 heteroatoms. The van der Waals surface area contributed by atoms with E-state index in [0.29, 0.717) is 10.9 Å². The Hall–Kier alpha value is -0.630. The van der Waals surface area contributed by atoms with Crippen LogP contribution in [-0.2, 0) is 10.9 Å². The van der Waals surface area contributed by atoms with Crippen molar-refractivity contribution in [2.45, 2.75) is 51.7 Å². The first kappa shape index (κ1) is 14.8. The van der Waals surface area contributed by atoms with Gasteiger partial charge in [-0.1, -0.05) is 13.3 Å². The van der Waals surface area contributed by atoms with E-state index in [1.54, 1.807) is 12.7 Å². The van der Waals surface area contributed by atoms with Crippen LogP contribution in [-0.4, -0.2) is 18.6 Å². The van der Waals surface area contributed by atoms with Crippen molar-refractivity contribution in [1.82, 2.24) is 0 Å². The van der Waals surface area contributed by atoms with Gasteiger partial charge in [-0.3, -0.25) is 0 Å². The molecule has 0 amide bonds. The molecule has 19 heavy (non-hydrogen) atoms. The zero-order chi connectivity index (χ0) is 13.8. The maximum atomic E-state index is 5.39. The summed E-state index contributed by atoms with van der Waals surface area (Å²) < 4.78 is 5.39. The first-order valence-electron chi connectivity index (χ1n) is 7.48. The van der Waals surface area contributed by atoms with E-state index in [1.165, 1.54) is 48.3 Å². The summed E-state index contributed by atoms with van der Waals surface area (Å²) in [5.41, 5.74) is 4.48. The molecule has 2 unspecified atom stereocenters. The van der Waals surface area contributed by atoms with Gasteiger partial charge >= 0.3 is 0 Å². The van der Waals surface area contributed by atoms with Gasteiger partial charge in [-0.2, -0.15) is 0 Å². The van der Waals surface area contributed by atoms with Crippen LogP contribution in [0.3, 0.4) is 0 Å². The number of ether oxygens (including phenoxy) is 1. The molecule has 106 valence electrons. The molecular formula is C17H27OS+. The van der Waals surface area contributed by atoms with Crippen molar-refractivity contribution in [1.29, 1.82) is 0 Å². The fraction of sp³-hybridized carbons (Fsp3) is 0.647. The van der Waals surface area contributed by atoms with Gasteiger partial charge in [0.05, 0.1) is 7.11 Å². The Balaban J connectivity index is 2.25. The van der Waals surface area contributed by atoms with Gasteiger partial charge in [0.15, 0.2) is 0 Å². The van der Waals surface area contributed by atoms with Crippen molar-refractivity contribution in [3.63, 3.8) is 0 Å². The first-order valence-corrected chi connectivity index (χ1v) is 9.11. The molecule has 0 saturated carbocycles. The van der Waals surface area contributed by atoms with E-state index in [4.69, 9.17) is 4.74 Å². The number of hydrogen-bond acceptors (Lipinski definition) is 1. The van der Waals surface area contributed by atoms with Gasteiger partial charge in [-0.15, -0.1) is 0 Å². The molecule has 1 saturated heterocycles. The number of hydrogen-bond donors (Lipinski definition) is 0. The van der Waals surface area contributed by atoms with Crippen LogP contribution in [0.15, 0.2) is 12.1 Å². The summed E-state index contributed by atoms with van der Waals surface area (Å²) >= 11 is 0. The largest absolute Gasteiger partial charge is 0.497 e. The molecule has 1 fully saturated rings. The maximum absolute atomic E-state index is 5.39. The molecule has 1 heterocycles. The van der Waals surface area contributed by atoms with Crippen LogP contribution in [0.5, 0.6) is 5.75 Å². The molecule has 0 bridgehead atoms. The zero-order valence-electron chi connectivity index (χ0n) is 12.8. The second kappa shape index (κ2) is 6.69. The first-order chi connectivity index (χ1) is 9.17. The standard InChI is InChI=1S/C17H27OS/c1-5-6-9-19-10-7-8-16(19)17-13(2)11-15(18-4)12-14(17)3/h11-12,16H,5-10H2,1-4H3/q+1. The van der Waals surface area contributed by atoms with Crippen molar-refractivity contribution in [3.8, 4) is 5.75 Å². The highest BCUT2D eigenvalue weighted by molar-refractivity contribution is 7.97. The molecule has 0 aromatic heterocycles. The van der Waals surface area contributed by atoms with Crippen molar-refractivity contribution < 1.29 is 4.74 Å². The molecule has 0 N–H and O–H groups in total. The third-order valence-corrected chi connectivity index (χ3v) is 7.06. The van der Waals surface area contributed by atoms with Gasteiger partial charge in [0.25, 0.3) is 0 Å². The highest BCUT2D eigenvalue weighted by Gasteiger charge is 2.38. The molecule has 0 radical (unpaired) electrons. The van der Waals surface area contributed by atoms with Gasteiger partial charge < -0.3 is 4.74 Å². The minimum atomic E-state index is 0.614. The minimum absolute atomic E-state index is 0.614. The molecule has 1 aliphatic heterocycles. The third kappa shape index (κ3) is 3.28. The lowest BCUT2D eigenvalue weighted by molar-refractivity contribution is 0.414. The maximum Gasteiger partial charge on any atom is 0.143 e. The molecule has 0 aliphatic carbocycles. The van der Waals surface area contributed by atoms with Crippen LogP contribution >= 0.6 is 0 Å². The van der Waals surface area contributed by atoms with Crippen LogP contribution < -0.4 is 4.74 Å². The summed E-state index contributed by atoms with van der Waals surface area (Å²) in [6.45, 7) is 6.81. The average Bonchev–Trinajstić information content (AvgIpc) is 2.83. The SMILES string of the molecule is CCCC[S+]1CCCC1c1c(C)cc(OC)cc1C. The van der Waals surface area contributed by atoms with Gasteiger partial charge in [-0.05, 0) is 60.8 Å². The van der Waals surface area contributed by atoms with E-state index >= 15 is 0 Å². The molecule has 2 rings (SSSR count). The van der Waals surface area contributed by atoms with Gasteiger partial charge in [0.1, 0.15) is 22.5 Å². The molecule has 0 spiro atoms.